The van der Waals surface area contributed by atoms with Crippen LogP contribution in [0.1, 0.15) is 11.3 Å². The highest BCUT2D eigenvalue weighted by molar-refractivity contribution is 6.31. The van der Waals surface area contributed by atoms with Gasteiger partial charge in [-0.25, -0.2) is 9.78 Å². The highest BCUT2D eigenvalue weighted by atomic mass is 35.5. The fraction of sp³-hybridized carbons (Fsp3) is 0.133. The number of ether oxygens (including phenoxy) is 1. The van der Waals surface area contributed by atoms with Crippen molar-refractivity contribution in [3.63, 3.8) is 0 Å². The van der Waals surface area contributed by atoms with Crippen LogP contribution in [0.2, 0.25) is 5.02 Å². The van der Waals surface area contributed by atoms with Crippen LogP contribution in [-0.2, 0) is 17.5 Å². The smallest absolute Gasteiger partial charge is 0.417 e. The summed E-state index contributed by atoms with van der Waals surface area (Å²) >= 11 is 5.53. The number of benzene rings is 1. The first-order valence-electron chi connectivity index (χ1n) is 7.33. The maximum absolute atomic E-state index is 12.8. The first-order valence-corrected chi connectivity index (χ1v) is 7.70. The summed E-state index contributed by atoms with van der Waals surface area (Å²) in [4.78, 5) is 16.0. The van der Waals surface area contributed by atoms with E-state index in [0.717, 1.165) is 12.1 Å². The van der Waals surface area contributed by atoms with E-state index in [-0.39, 0.29) is 12.3 Å². The molecule has 3 aromatic rings. The number of carbonyl (C=O) groups is 1. The van der Waals surface area contributed by atoms with E-state index in [1.165, 1.54) is 17.1 Å². The number of tetrazole rings is 1. The van der Waals surface area contributed by atoms with Gasteiger partial charge in [-0.15, -0.1) is 5.10 Å². The second-order valence-electron chi connectivity index (χ2n) is 5.14. The van der Waals surface area contributed by atoms with Crippen LogP contribution in [0.3, 0.4) is 0 Å². The number of nitrogens with one attached hydrogen (secondary N) is 1. The summed E-state index contributed by atoms with van der Waals surface area (Å²) in [6.45, 7) is -0.207. The van der Waals surface area contributed by atoms with Crippen LogP contribution in [0.15, 0.2) is 42.7 Å². The van der Waals surface area contributed by atoms with Crippen LogP contribution in [0.5, 0.6) is 0 Å². The molecule has 0 fully saturated rings. The Balaban J connectivity index is 1.63. The lowest BCUT2D eigenvalue weighted by molar-refractivity contribution is -0.137. The van der Waals surface area contributed by atoms with Gasteiger partial charge in [-0.1, -0.05) is 17.7 Å². The number of alkyl halides is 3. The van der Waals surface area contributed by atoms with Gasteiger partial charge < -0.3 is 4.74 Å². The van der Waals surface area contributed by atoms with Gasteiger partial charge in [0, 0.05) is 5.69 Å². The molecule has 1 aromatic carbocycles. The van der Waals surface area contributed by atoms with Gasteiger partial charge in [-0.3, -0.25) is 5.32 Å². The number of rotatable bonds is 4. The number of carbonyl (C=O) groups excluding carboxylic acids is 1. The minimum Gasteiger partial charge on any atom is -0.443 e. The molecule has 2 heterocycles. The lowest BCUT2D eigenvalue weighted by atomic mass is 10.2. The summed E-state index contributed by atoms with van der Waals surface area (Å²) in [7, 11) is 0. The molecule has 0 atom stereocenters. The van der Waals surface area contributed by atoms with E-state index in [0.29, 0.717) is 11.5 Å². The van der Waals surface area contributed by atoms with Crippen LogP contribution in [-0.4, -0.2) is 31.3 Å². The molecule has 3 rings (SSSR count). The first-order chi connectivity index (χ1) is 12.8. The summed E-state index contributed by atoms with van der Waals surface area (Å²) in [5, 5.41) is 12.4. The Bertz CT molecular complexity index is 949. The van der Waals surface area contributed by atoms with Gasteiger partial charge in [-0.2, -0.15) is 17.9 Å². The number of aromatic nitrogens is 5. The van der Waals surface area contributed by atoms with Gasteiger partial charge in [0.05, 0.1) is 16.3 Å². The number of hydrogen-bond donors (Lipinski definition) is 1. The van der Waals surface area contributed by atoms with Gasteiger partial charge in [0.15, 0.2) is 5.82 Å². The summed E-state index contributed by atoms with van der Waals surface area (Å²) in [5.41, 5.74) is -0.768. The SMILES string of the molecule is O=C(Nc1ccc(Cl)c(C(F)(F)F)c1)OCc1cccc(-n2cnnn2)n1. The molecular formula is C15H10ClF3N6O2. The Kier molecular flexibility index (Phi) is 5.21. The second kappa shape index (κ2) is 7.58. The predicted octanol–water partition coefficient (Wildman–Crippen LogP) is 3.48. The summed E-state index contributed by atoms with van der Waals surface area (Å²) in [6, 6.07) is 7.90. The second-order valence-corrected chi connectivity index (χ2v) is 5.54. The molecule has 8 nitrogen and oxygen atoms in total. The van der Waals surface area contributed by atoms with E-state index in [1.54, 1.807) is 18.2 Å². The first kappa shape index (κ1) is 18.6. The standard InChI is InChI=1S/C15H10ClF3N6O2/c16-12-5-4-9(6-11(12)15(17,18)19)22-14(26)27-7-10-2-1-3-13(21-10)25-8-20-23-24-25/h1-6,8H,7H2,(H,22,26). The normalized spacial score (nSPS) is 11.3. The van der Waals surface area contributed by atoms with E-state index in [2.05, 4.69) is 25.8 Å². The molecule has 0 spiro atoms. The average Bonchev–Trinajstić information content (AvgIpc) is 3.16. The maximum Gasteiger partial charge on any atom is 0.417 e. The molecule has 2 aromatic heterocycles. The van der Waals surface area contributed by atoms with Crippen molar-refractivity contribution < 1.29 is 22.7 Å². The van der Waals surface area contributed by atoms with Gasteiger partial charge in [-0.05, 0) is 40.8 Å². The third-order valence-corrected chi connectivity index (χ3v) is 3.57. The van der Waals surface area contributed by atoms with E-state index in [9.17, 15) is 18.0 Å². The van der Waals surface area contributed by atoms with Gasteiger partial charge in [0.1, 0.15) is 12.9 Å². The van der Waals surface area contributed by atoms with Crippen molar-refractivity contribution in [3.05, 3.63) is 59.0 Å². The zero-order chi connectivity index (χ0) is 19.4. The third-order valence-electron chi connectivity index (χ3n) is 3.25. The van der Waals surface area contributed by atoms with Gasteiger partial charge >= 0.3 is 12.3 Å². The van der Waals surface area contributed by atoms with Crippen molar-refractivity contribution in [2.45, 2.75) is 12.8 Å². The third kappa shape index (κ3) is 4.70. The molecule has 1 N–H and O–H groups in total. The molecule has 27 heavy (non-hydrogen) atoms. The highest BCUT2D eigenvalue weighted by Crippen LogP contribution is 2.36. The summed E-state index contributed by atoms with van der Waals surface area (Å²) < 4.78 is 44.8. The molecule has 0 aliphatic heterocycles. The zero-order valence-electron chi connectivity index (χ0n) is 13.3. The minimum absolute atomic E-state index is 0.105. The molecular weight excluding hydrogens is 389 g/mol. The van der Waals surface area contributed by atoms with E-state index >= 15 is 0 Å². The van der Waals surface area contributed by atoms with Crippen molar-refractivity contribution in [2.24, 2.45) is 0 Å². The monoisotopic (exact) mass is 398 g/mol. The average molecular weight is 399 g/mol. The number of anilines is 1. The molecule has 0 unspecified atom stereocenters. The quantitative estimate of drug-likeness (QED) is 0.723. The number of hydrogen-bond acceptors (Lipinski definition) is 6. The Morgan fingerprint density at radius 3 is 2.78 bits per heavy atom. The van der Waals surface area contributed by atoms with Gasteiger partial charge in [0.25, 0.3) is 0 Å². The maximum atomic E-state index is 12.8. The number of amides is 1. The molecule has 0 saturated carbocycles. The molecule has 0 aliphatic rings. The van der Waals surface area contributed by atoms with Crippen LogP contribution >= 0.6 is 11.6 Å². The van der Waals surface area contributed by atoms with Gasteiger partial charge in [0.2, 0.25) is 0 Å². The lowest BCUT2D eigenvalue weighted by Gasteiger charge is -2.12. The Morgan fingerprint density at radius 1 is 1.26 bits per heavy atom. The van der Waals surface area contributed by atoms with E-state index < -0.39 is 22.9 Å². The van der Waals surface area contributed by atoms with E-state index in [1.807, 2.05) is 0 Å². The topological polar surface area (TPSA) is 94.8 Å². The summed E-state index contributed by atoms with van der Waals surface area (Å²) in [6.07, 6.45) is -4.24. The molecule has 0 aliphatic carbocycles. The Hall–Kier alpha value is -3.21. The molecule has 0 saturated heterocycles. The molecule has 0 radical (unpaired) electrons. The molecule has 1 amide bonds. The molecule has 12 heteroatoms. The Morgan fingerprint density at radius 2 is 2.07 bits per heavy atom. The van der Waals surface area contributed by atoms with Crippen LogP contribution in [0.4, 0.5) is 23.7 Å². The Labute approximate surface area is 154 Å². The van der Waals surface area contributed by atoms with Crippen molar-refractivity contribution >= 4 is 23.4 Å². The lowest BCUT2D eigenvalue weighted by Crippen LogP contribution is -2.15. The fourth-order valence-electron chi connectivity index (χ4n) is 2.05. The predicted molar refractivity (Wildman–Crippen MR) is 87.2 cm³/mol. The molecule has 140 valence electrons. The number of pyridine rings is 1. The van der Waals surface area contributed by atoms with E-state index in [4.69, 9.17) is 16.3 Å². The van der Waals surface area contributed by atoms with Crippen LogP contribution in [0.25, 0.3) is 5.82 Å². The number of halogens is 4. The molecule has 0 bridgehead atoms. The van der Waals surface area contributed by atoms with Crippen LogP contribution < -0.4 is 5.32 Å². The highest BCUT2D eigenvalue weighted by Gasteiger charge is 2.33. The number of nitrogens with zero attached hydrogens (tertiary/aromatic N) is 5. The van der Waals surface area contributed by atoms with Crippen LogP contribution in [0, 0.1) is 0 Å². The summed E-state index contributed by atoms with van der Waals surface area (Å²) in [5.74, 6) is 0.411. The van der Waals surface area contributed by atoms with Crippen molar-refractivity contribution in [1.29, 1.82) is 0 Å². The minimum atomic E-state index is -4.64. The van der Waals surface area contributed by atoms with Crippen molar-refractivity contribution in [1.82, 2.24) is 25.2 Å². The zero-order valence-corrected chi connectivity index (χ0v) is 14.1. The fourth-order valence-corrected chi connectivity index (χ4v) is 2.28. The van der Waals surface area contributed by atoms with Crippen molar-refractivity contribution in [2.75, 3.05) is 5.32 Å². The van der Waals surface area contributed by atoms with Crippen molar-refractivity contribution in [3.8, 4) is 5.82 Å². The largest absolute Gasteiger partial charge is 0.443 e.